The van der Waals surface area contributed by atoms with Gasteiger partial charge in [-0.2, -0.15) is 0 Å². The van der Waals surface area contributed by atoms with Gasteiger partial charge in [-0.05, 0) is 41.1 Å². The summed E-state index contributed by atoms with van der Waals surface area (Å²) in [5.41, 5.74) is 6.46. The fourth-order valence-electron chi connectivity index (χ4n) is 1.95. The first-order chi connectivity index (χ1) is 9.22. The van der Waals surface area contributed by atoms with Crippen LogP contribution >= 0.6 is 11.8 Å². The largest absolute Gasteiger partial charge is 0.398 e. The lowest BCUT2D eigenvalue weighted by atomic mass is 10.1. The van der Waals surface area contributed by atoms with Crippen LogP contribution in [0, 0.1) is 5.82 Å². The molecule has 0 aliphatic rings. The highest BCUT2D eigenvalue weighted by Crippen LogP contribution is 2.33. The van der Waals surface area contributed by atoms with Crippen molar-refractivity contribution in [3.8, 4) is 0 Å². The first-order valence-corrected chi connectivity index (χ1v) is 6.76. The van der Waals surface area contributed by atoms with Crippen molar-refractivity contribution in [2.45, 2.75) is 9.79 Å². The van der Waals surface area contributed by atoms with E-state index >= 15 is 0 Å². The van der Waals surface area contributed by atoms with E-state index in [0.29, 0.717) is 5.69 Å². The second-order valence-electron chi connectivity index (χ2n) is 4.29. The molecule has 0 bridgehead atoms. The number of hydrogen-bond acceptors (Lipinski definition) is 2. The molecule has 0 atom stereocenters. The number of hydrogen-bond donors (Lipinski definition) is 1. The van der Waals surface area contributed by atoms with Gasteiger partial charge >= 0.3 is 0 Å². The quantitative estimate of drug-likeness (QED) is 0.682. The van der Waals surface area contributed by atoms with E-state index in [9.17, 15) is 4.39 Å². The standard InChI is InChI=1S/C16H12FNS/c17-13-6-8-15(18)16(10-13)19-14-7-5-11-3-1-2-4-12(11)9-14/h1-10H,18H2. The molecule has 19 heavy (non-hydrogen) atoms. The predicted octanol–water partition coefficient (Wildman–Crippen LogP) is 4.71. The molecule has 94 valence electrons. The van der Waals surface area contributed by atoms with Gasteiger partial charge in [0, 0.05) is 15.5 Å². The molecule has 0 fully saturated rings. The Balaban J connectivity index is 1.98. The number of rotatable bonds is 2. The Bertz CT molecular complexity index is 740. The fourth-order valence-corrected chi connectivity index (χ4v) is 2.89. The van der Waals surface area contributed by atoms with Crippen LogP contribution in [0.5, 0.6) is 0 Å². The van der Waals surface area contributed by atoms with E-state index in [1.54, 1.807) is 6.07 Å². The van der Waals surface area contributed by atoms with Crippen molar-refractivity contribution in [3.63, 3.8) is 0 Å². The minimum atomic E-state index is -0.266. The zero-order valence-electron chi connectivity index (χ0n) is 10.1. The second-order valence-corrected chi connectivity index (χ2v) is 5.41. The smallest absolute Gasteiger partial charge is 0.124 e. The Morgan fingerprint density at radius 3 is 2.47 bits per heavy atom. The van der Waals surface area contributed by atoms with Crippen LogP contribution < -0.4 is 5.73 Å². The number of fused-ring (bicyclic) bond motifs is 1. The van der Waals surface area contributed by atoms with E-state index in [-0.39, 0.29) is 5.82 Å². The fraction of sp³-hybridized carbons (Fsp3) is 0. The van der Waals surface area contributed by atoms with Gasteiger partial charge in [0.05, 0.1) is 0 Å². The SMILES string of the molecule is Nc1ccc(F)cc1Sc1ccc2ccccc2c1. The molecule has 1 nitrogen and oxygen atoms in total. The first kappa shape index (κ1) is 12.1. The van der Waals surface area contributed by atoms with Gasteiger partial charge in [-0.1, -0.05) is 42.1 Å². The van der Waals surface area contributed by atoms with Crippen LogP contribution in [-0.4, -0.2) is 0 Å². The van der Waals surface area contributed by atoms with E-state index < -0.39 is 0 Å². The minimum Gasteiger partial charge on any atom is -0.398 e. The van der Waals surface area contributed by atoms with Gasteiger partial charge in [0.2, 0.25) is 0 Å². The molecule has 0 amide bonds. The highest BCUT2D eigenvalue weighted by Gasteiger charge is 2.04. The summed E-state index contributed by atoms with van der Waals surface area (Å²) in [6.45, 7) is 0. The van der Waals surface area contributed by atoms with Crippen LogP contribution in [0.1, 0.15) is 0 Å². The van der Waals surface area contributed by atoms with Crippen LogP contribution in [0.2, 0.25) is 0 Å². The molecule has 3 rings (SSSR count). The molecule has 2 N–H and O–H groups in total. The molecule has 0 saturated heterocycles. The predicted molar refractivity (Wildman–Crippen MR) is 78.9 cm³/mol. The van der Waals surface area contributed by atoms with Crippen molar-refractivity contribution in [3.05, 3.63) is 66.5 Å². The van der Waals surface area contributed by atoms with Gasteiger partial charge in [0.25, 0.3) is 0 Å². The zero-order valence-corrected chi connectivity index (χ0v) is 11.0. The van der Waals surface area contributed by atoms with E-state index in [1.165, 1.54) is 34.7 Å². The summed E-state index contributed by atoms with van der Waals surface area (Å²) in [6.07, 6.45) is 0. The average Bonchev–Trinajstić information content (AvgIpc) is 2.43. The van der Waals surface area contributed by atoms with E-state index in [2.05, 4.69) is 24.3 Å². The lowest BCUT2D eigenvalue weighted by Gasteiger charge is -2.06. The number of halogens is 1. The third-order valence-electron chi connectivity index (χ3n) is 2.92. The summed E-state index contributed by atoms with van der Waals surface area (Å²) in [7, 11) is 0. The zero-order chi connectivity index (χ0) is 13.2. The van der Waals surface area contributed by atoms with E-state index in [0.717, 1.165) is 9.79 Å². The Kier molecular flexibility index (Phi) is 3.13. The van der Waals surface area contributed by atoms with Gasteiger partial charge in [-0.3, -0.25) is 0 Å². The molecule has 0 heterocycles. The van der Waals surface area contributed by atoms with Gasteiger partial charge in [0.1, 0.15) is 5.82 Å². The lowest BCUT2D eigenvalue weighted by Crippen LogP contribution is -1.89. The molecule has 0 saturated carbocycles. The average molecular weight is 269 g/mol. The molecule has 0 spiro atoms. The highest BCUT2D eigenvalue weighted by molar-refractivity contribution is 7.99. The lowest BCUT2D eigenvalue weighted by molar-refractivity contribution is 0.624. The molecule has 0 aromatic heterocycles. The van der Waals surface area contributed by atoms with Crippen molar-refractivity contribution in [1.82, 2.24) is 0 Å². The molecule has 3 heteroatoms. The monoisotopic (exact) mass is 269 g/mol. The van der Waals surface area contributed by atoms with Crippen LogP contribution in [0.3, 0.4) is 0 Å². The van der Waals surface area contributed by atoms with Crippen molar-refractivity contribution in [1.29, 1.82) is 0 Å². The van der Waals surface area contributed by atoms with Crippen molar-refractivity contribution >= 4 is 28.2 Å². The van der Waals surface area contributed by atoms with Gasteiger partial charge in [0.15, 0.2) is 0 Å². The number of anilines is 1. The Morgan fingerprint density at radius 1 is 0.842 bits per heavy atom. The number of nitrogens with two attached hydrogens (primary N) is 1. The molecule has 0 aliphatic heterocycles. The maximum Gasteiger partial charge on any atom is 0.124 e. The normalized spacial score (nSPS) is 10.8. The molecule has 3 aromatic rings. The first-order valence-electron chi connectivity index (χ1n) is 5.94. The summed E-state index contributed by atoms with van der Waals surface area (Å²) in [4.78, 5) is 1.80. The third kappa shape index (κ3) is 2.56. The highest BCUT2D eigenvalue weighted by atomic mass is 32.2. The van der Waals surface area contributed by atoms with Crippen LogP contribution in [0.15, 0.2) is 70.5 Å². The van der Waals surface area contributed by atoms with Crippen molar-refractivity contribution < 1.29 is 4.39 Å². The Hall–Kier alpha value is -2.00. The summed E-state index contributed by atoms with van der Waals surface area (Å²) in [5, 5.41) is 2.36. The number of benzene rings is 3. The Labute approximate surface area is 115 Å². The molecular weight excluding hydrogens is 257 g/mol. The van der Waals surface area contributed by atoms with E-state index in [4.69, 9.17) is 5.73 Å². The van der Waals surface area contributed by atoms with Gasteiger partial charge in [-0.15, -0.1) is 0 Å². The second kappa shape index (κ2) is 4.94. The van der Waals surface area contributed by atoms with Crippen molar-refractivity contribution in [2.75, 3.05) is 5.73 Å². The summed E-state index contributed by atoms with van der Waals surface area (Å²) in [6, 6.07) is 18.8. The van der Waals surface area contributed by atoms with Crippen LogP contribution in [0.25, 0.3) is 10.8 Å². The maximum atomic E-state index is 13.2. The molecule has 0 radical (unpaired) electrons. The Morgan fingerprint density at radius 2 is 1.63 bits per heavy atom. The molecular formula is C16H12FNS. The van der Waals surface area contributed by atoms with Crippen LogP contribution in [-0.2, 0) is 0 Å². The maximum absolute atomic E-state index is 13.2. The summed E-state index contributed by atoms with van der Waals surface area (Å²) < 4.78 is 13.2. The third-order valence-corrected chi connectivity index (χ3v) is 3.99. The topological polar surface area (TPSA) is 26.0 Å². The minimum absolute atomic E-state index is 0.266. The van der Waals surface area contributed by atoms with Gasteiger partial charge < -0.3 is 5.73 Å². The van der Waals surface area contributed by atoms with E-state index in [1.807, 2.05) is 18.2 Å². The summed E-state index contributed by atoms with van der Waals surface area (Å²) in [5.74, 6) is -0.266. The van der Waals surface area contributed by atoms with Crippen LogP contribution in [0.4, 0.5) is 10.1 Å². The number of nitrogen functional groups attached to an aromatic ring is 1. The van der Waals surface area contributed by atoms with Gasteiger partial charge in [-0.25, -0.2) is 4.39 Å². The molecule has 0 unspecified atom stereocenters. The summed E-state index contributed by atoms with van der Waals surface area (Å²) >= 11 is 1.48. The molecule has 3 aromatic carbocycles. The van der Waals surface area contributed by atoms with Crippen molar-refractivity contribution in [2.24, 2.45) is 0 Å². The molecule has 0 aliphatic carbocycles.